The Kier molecular flexibility index (Phi) is 3.80. The average molecular weight is 245 g/mol. The second-order valence-corrected chi connectivity index (χ2v) is 4.56. The molecule has 0 unspecified atom stereocenters. The van der Waals surface area contributed by atoms with E-state index in [0.29, 0.717) is 0 Å². The van der Waals surface area contributed by atoms with Crippen LogP contribution in [0.5, 0.6) is 5.75 Å². The monoisotopic (exact) mass is 246 g/mol. The minimum absolute atomic E-state index is 0.000370. The zero-order valence-corrected chi connectivity index (χ0v) is 8.90. The molecule has 0 aromatic heterocycles. The molecular weight excluding hydrogens is 235 g/mol. The number of carboxylic acid groups (broad SMARTS) is 1. The summed E-state index contributed by atoms with van der Waals surface area (Å²) in [7, 11) is 1.60. The molecule has 0 amide bonds. The summed E-state index contributed by atoms with van der Waals surface area (Å²) in [6.45, 7) is 0. The molecule has 0 fully saturated rings. The van der Waals surface area contributed by atoms with Gasteiger partial charge in [-0.3, -0.25) is 0 Å². The molecule has 1 rings (SSSR count). The summed E-state index contributed by atoms with van der Waals surface area (Å²) in [4.78, 5) is 10.3. The molecule has 3 nitrogen and oxygen atoms in total. The number of benzene rings is 1. The van der Waals surface area contributed by atoms with E-state index in [2.05, 4.69) is 0 Å². The molecule has 0 aliphatic heterocycles. The summed E-state index contributed by atoms with van der Waals surface area (Å²) in [5, 5.41) is 8.71. The third kappa shape index (κ3) is 3.49. The molecule has 0 spiro atoms. The summed E-state index contributed by atoms with van der Waals surface area (Å²) < 4.78 is 6.07. The Labute approximate surface area is 82.9 Å². The Balaban J connectivity index is 2.61. The minimum atomic E-state index is -0.747. The number of methoxy groups -OCH3 is 1. The van der Waals surface area contributed by atoms with E-state index in [1.54, 1.807) is 7.11 Å². The van der Waals surface area contributed by atoms with E-state index in [-0.39, 0.29) is 20.3 Å². The van der Waals surface area contributed by atoms with Crippen LogP contribution in [0.25, 0.3) is 0 Å². The van der Waals surface area contributed by atoms with Crippen molar-refractivity contribution in [2.24, 2.45) is 0 Å². The molecule has 0 aliphatic rings. The van der Waals surface area contributed by atoms with Crippen molar-refractivity contribution in [3.05, 3.63) is 24.3 Å². The van der Waals surface area contributed by atoms with Crippen LogP contribution in [0, 0.1) is 0 Å². The number of hydrogen-bond donors (Lipinski definition) is 1. The van der Waals surface area contributed by atoms with Gasteiger partial charge in [-0.15, -0.1) is 0 Å². The van der Waals surface area contributed by atoms with E-state index in [1.165, 1.54) is 0 Å². The van der Waals surface area contributed by atoms with E-state index in [1.807, 2.05) is 24.3 Å². The molecule has 1 N–H and O–H groups in total. The molecule has 1 aromatic carbocycles. The first-order valence-electron chi connectivity index (χ1n) is 3.71. The number of aliphatic carboxylic acids is 1. The molecule has 0 heterocycles. The first kappa shape index (κ1) is 10.1. The molecule has 70 valence electrons. The standard InChI is InChI=1S/C9H10O3Se/c1-12-7-3-2-4-8(5-7)13-6-9(10)11/h2-5H,6H2,1H3,(H,10,11). The van der Waals surface area contributed by atoms with Crippen molar-refractivity contribution in [1.29, 1.82) is 0 Å². The van der Waals surface area contributed by atoms with Crippen LogP contribution in [0.3, 0.4) is 0 Å². The molecule has 0 saturated heterocycles. The van der Waals surface area contributed by atoms with Gasteiger partial charge in [-0.2, -0.15) is 0 Å². The maximum atomic E-state index is 10.3. The van der Waals surface area contributed by atoms with Gasteiger partial charge in [0.15, 0.2) is 0 Å². The third-order valence-electron chi connectivity index (χ3n) is 1.40. The van der Waals surface area contributed by atoms with Crippen molar-refractivity contribution in [3.8, 4) is 5.75 Å². The second-order valence-electron chi connectivity index (χ2n) is 2.36. The Morgan fingerprint density at radius 3 is 3.00 bits per heavy atom. The van der Waals surface area contributed by atoms with Gasteiger partial charge in [-0.1, -0.05) is 0 Å². The van der Waals surface area contributed by atoms with Crippen LogP contribution in [0.1, 0.15) is 0 Å². The second kappa shape index (κ2) is 4.90. The van der Waals surface area contributed by atoms with Crippen molar-refractivity contribution >= 4 is 25.4 Å². The van der Waals surface area contributed by atoms with E-state index < -0.39 is 5.97 Å². The topological polar surface area (TPSA) is 46.5 Å². The van der Waals surface area contributed by atoms with Crippen molar-refractivity contribution in [2.45, 2.75) is 5.32 Å². The van der Waals surface area contributed by atoms with E-state index in [9.17, 15) is 4.79 Å². The number of rotatable bonds is 4. The Morgan fingerprint density at radius 1 is 1.62 bits per heavy atom. The van der Waals surface area contributed by atoms with Crippen molar-refractivity contribution in [3.63, 3.8) is 0 Å². The van der Waals surface area contributed by atoms with Gasteiger partial charge in [0.05, 0.1) is 0 Å². The van der Waals surface area contributed by atoms with Crippen LogP contribution in [-0.2, 0) is 4.79 Å². The molecule has 4 heteroatoms. The fraction of sp³-hybridized carbons (Fsp3) is 0.222. The quantitative estimate of drug-likeness (QED) is 0.787. The van der Waals surface area contributed by atoms with Gasteiger partial charge >= 0.3 is 82.5 Å². The first-order valence-corrected chi connectivity index (χ1v) is 5.78. The molecule has 1 aromatic rings. The van der Waals surface area contributed by atoms with Gasteiger partial charge in [-0.25, -0.2) is 0 Å². The van der Waals surface area contributed by atoms with Gasteiger partial charge in [0.2, 0.25) is 0 Å². The summed E-state index contributed by atoms with van der Waals surface area (Å²) in [5.74, 6) is 0.0348. The summed E-state index contributed by atoms with van der Waals surface area (Å²) in [5.41, 5.74) is 0. The van der Waals surface area contributed by atoms with E-state index in [0.717, 1.165) is 10.2 Å². The van der Waals surface area contributed by atoms with Gasteiger partial charge in [0.25, 0.3) is 0 Å². The van der Waals surface area contributed by atoms with Gasteiger partial charge in [0.1, 0.15) is 0 Å². The molecule has 0 atom stereocenters. The van der Waals surface area contributed by atoms with Crippen LogP contribution in [0.2, 0.25) is 5.32 Å². The maximum absolute atomic E-state index is 10.3. The van der Waals surface area contributed by atoms with Crippen molar-refractivity contribution in [1.82, 2.24) is 0 Å². The van der Waals surface area contributed by atoms with E-state index in [4.69, 9.17) is 9.84 Å². The first-order chi connectivity index (χ1) is 6.22. The molecule has 0 saturated carbocycles. The molecule has 0 radical (unpaired) electrons. The Bertz CT molecular complexity index is 299. The third-order valence-corrected chi connectivity index (χ3v) is 3.46. The van der Waals surface area contributed by atoms with Crippen molar-refractivity contribution < 1.29 is 14.6 Å². The fourth-order valence-electron chi connectivity index (χ4n) is 0.836. The number of ether oxygens (including phenoxy) is 1. The zero-order chi connectivity index (χ0) is 9.68. The molecule has 0 aliphatic carbocycles. The SMILES string of the molecule is COc1cccc([Se]CC(=O)O)c1. The Hall–Kier alpha value is -0.991. The number of hydrogen-bond acceptors (Lipinski definition) is 2. The van der Waals surface area contributed by atoms with Gasteiger partial charge < -0.3 is 0 Å². The van der Waals surface area contributed by atoms with Crippen LogP contribution in [0.4, 0.5) is 0 Å². The predicted octanol–water partition coefficient (Wildman–Crippen LogP) is 0.528. The van der Waals surface area contributed by atoms with Crippen molar-refractivity contribution in [2.75, 3.05) is 7.11 Å². The summed E-state index contributed by atoms with van der Waals surface area (Å²) in [6.07, 6.45) is 0. The van der Waals surface area contributed by atoms with Crippen LogP contribution in [-0.4, -0.2) is 33.1 Å². The number of carboxylic acids is 1. The van der Waals surface area contributed by atoms with Gasteiger partial charge in [-0.05, 0) is 0 Å². The average Bonchev–Trinajstić information content (AvgIpc) is 2.15. The molecule has 0 bridgehead atoms. The predicted molar refractivity (Wildman–Crippen MR) is 50.8 cm³/mol. The number of carbonyl (C=O) groups is 1. The van der Waals surface area contributed by atoms with Crippen LogP contribution in [0.15, 0.2) is 24.3 Å². The van der Waals surface area contributed by atoms with Crippen LogP contribution >= 0.6 is 0 Å². The fourth-order valence-corrected chi connectivity index (χ4v) is 2.23. The Morgan fingerprint density at radius 2 is 2.38 bits per heavy atom. The van der Waals surface area contributed by atoms with Crippen LogP contribution < -0.4 is 9.20 Å². The zero-order valence-electron chi connectivity index (χ0n) is 7.19. The van der Waals surface area contributed by atoms with E-state index >= 15 is 0 Å². The summed E-state index contributed by atoms with van der Waals surface area (Å²) in [6, 6.07) is 7.52. The van der Waals surface area contributed by atoms with Gasteiger partial charge in [0, 0.05) is 0 Å². The summed E-state index contributed by atoms with van der Waals surface area (Å²) >= 11 is 0.000370. The molecular formula is C9H10O3Se. The normalized spacial score (nSPS) is 9.62. The molecule has 13 heavy (non-hydrogen) atoms.